The minimum absolute atomic E-state index is 0.275. The summed E-state index contributed by atoms with van der Waals surface area (Å²) in [6.45, 7) is 3.91. The van der Waals surface area contributed by atoms with Gasteiger partial charge in [0.15, 0.2) is 12.2 Å². The van der Waals surface area contributed by atoms with Crippen molar-refractivity contribution in [2.45, 2.75) is 32.5 Å². The van der Waals surface area contributed by atoms with Crippen LogP contribution in [0.1, 0.15) is 20.3 Å². The molecule has 2 atom stereocenters. The Kier molecular flexibility index (Phi) is 5.56. The maximum atomic E-state index is 12.2. The number of para-hydroxylation sites is 1. The number of nitrogens with zero attached hydrogens (tertiary/aromatic N) is 1. The van der Waals surface area contributed by atoms with Gasteiger partial charge in [-0.1, -0.05) is 25.1 Å². The largest absolute Gasteiger partial charge is 0.479 e. The summed E-state index contributed by atoms with van der Waals surface area (Å²) in [4.78, 5) is 36.8. The van der Waals surface area contributed by atoms with Crippen molar-refractivity contribution < 1.29 is 23.9 Å². The normalized spacial score (nSPS) is 16.4. The van der Waals surface area contributed by atoms with Gasteiger partial charge in [-0.15, -0.1) is 0 Å². The number of rotatable bonds is 6. The van der Waals surface area contributed by atoms with Crippen LogP contribution in [0.5, 0.6) is 5.75 Å². The second-order valence-electron chi connectivity index (χ2n) is 5.13. The second-order valence-corrected chi connectivity index (χ2v) is 5.13. The SMILES string of the molecule is CC[C@H](Oc1ccccc1)C(=O)O[C@H](C)C(=O)N1CCNC1=O. The van der Waals surface area contributed by atoms with Gasteiger partial charge in [-0.05, 0) is 25.5 Å². The molecule has 0 unspecified atom stereocenters. The molecule has 1 aliphatic rings. The summed E-state index contributed by atoms with van der Waals surface area (Å²) in [5.41, 5.74) is 0. The molecule has 23 heavy (non-hydrogen) atoms. The van der Waals surface area contributed by atoms with E-state index < -0.39 is 30.1 Å². The average Bonchev–Trinajstić information content (AvgIpc) is 2.98. The number of carbonyl (C=O) groups excluding carboxylic acids is 3. The first kappa shape index (κ1) is 16.8. The maximum Gasteiger partial charge on any atom is 0.348 e. The third-order valence-electron chi connectivity index (χ3n) is 3.42. The highest BCUT2D eigenvalue weighted by molar-refractivity contribution is 5.98. The van der Waals surface area contributed by atoms with Crippen LogP contribution in [-0.4, -0.2) is 48.1 Å². The first-order valence-electron chi connectivity index (χ1n) is 7.54. The van der Waals surface area contributed by atoms with Gasteiger partial charge in [0.1, 0.15) is 5.75 Å². The van der Waals surface area contributed by atoms with Crippen LogP contribution in [0.4, 0.5) is 4.79 Å². The molecule has 1 fully saturated rings. The number of hydrogen-bond acceptors (Lipinski definition) is 5. The van der Waals surface area contributed by atoms with Crippen LogP contribution in [0.2, 0.25) is 0 Å². The Morgan fingerprint density at radius 2 is 2.00 bits per heavy atom. The minimum Gasteiger partial charge on any atom is -0.479 e. The van der Waals surface area contributed by atoms with Crippen LogP contribution in [-0.2, 0) is 14.3 Å². The lowest BCUT2D eigenvalue weighted by Crippen LogP contribution is -2.43. The molecule has 0 aliphatic carbocycles. The van der Waals surface area contributed by atoms with E-state index in [1.54, 1.807) is 31.2 Å². The highest BCUT2D eigenvalue weighted by Gasteiger charge is 2.33. The number of ether oxygens (including phenoxy) is 2. The van der Waals surface area contributed by atoms with Gasteiger partial charge in [0.25, 0.3) is 5.91 Å². The monoisotopic (exact) mass is 320 g/mol. The van der Waals surface area contributed by atoms with Crippen LogP contribution in [0.3, 0.4) is 0 Å². The van der Waals surface area contributed by atoms with Gasteiger partial charge in [-0.3, -0.25) is 9.69 Å². The van der Waals surface area contributed by atoms with Crippen LogP contribution < -0.4 is 10.1 Å². The predicted octanol–water partition coefficient (Wildman–Crippen LogP) is 1.33. The Morgan fingerprint density at radius 3 is 2.57 bits per heavy atom. The van der Waals surface area contributed by atoms with Gasteiger partial charge < -0.3 is 14.8 Å². The van der Waals surface area contributed by atoms with Crippen molar-refractivity contribution in [1.29, 1.82) is 0 Å². The van der Waals surface area contributed by atoms with E-state index in [1.807, 2.05) is 6.07 Å². The van der Waals surface area contributed by atoms with Crippen molar-refractivity contribution in [2.75, 3.05) is 13.1 Å². The fraction of sp³-hybridized carbons (Fsp3) is 0.438. The molecule has 7 heteroatoms. The average molecular weight is 320 g/mol. The zero-order valence-electron chi connectivity index (χ0n) is 13.2. The van der Waals surface area contributed by atoms with Crippen molar-refractivity contribution in [3.63, 3.8) is 0 Å². The molecular weight excluding hydrogens is 300 g/mol. The summed E-state index contributed by atoms with van der Waals surface area (Å²) < 4.78 is 10.7. The van der Waals surface area contributed by atoms with Crippen LogP contribution in [0.25, 0.3) is 0 Å². The van der Waals surface area contributed by atoms with Crippen molar-refractivity contribution in [3.05, 3.63) is 30.3 Å². The summed E-state index contributed by atoms with van der Waals surface area (Å²) >= 11 is 0. The molecule has 0 spiro atoms. The van der Waals surface area contributed by atoms with E-state index in [1.165, 1.54) is 6.92 Å². The van der Waals surface area contributed by atoms with Gasteiger partial charge in [0.2, 0.25) is 0 Å². The first-order valence-corrected chi connectivity index (χ1v) is 7.54. The lowest BCUT2D eigenvalue weighted by molar-refractivity contribution is -0.163. The molecule has 7 nitrogen and oxygen atoms in total. The van der Waals surface area contributed by atoms with Crippen molar-refractivity contribution in [1.82, 2.24) is 10.2 Å². The minimum atomic E-state index is -1.04. The number of hydrogen-bond donors (Lipinski definition) is 1. The molecule has 124 valence electrons. The molecule has 3 amide bonds. The molecule has 1 saturated heterocycles. The standard InChI is InChI=1S/C16H20N2O5/c1-3-13(23-12-7-5-4-6-8-12)15(20)22-11(2)14(19)18-10-9-17-16(18)21/h4-8,11,13H,3,9-10H2,1-2H3,(H,17,21)/t11-,13+/m1/s1. The van der Waals surface area contributed by atoms with Crippen molar-refractivity contribution >= 4 is 17.9 Å². The molecule has 1 aromatic carbocycles. The number of benzene rings is 1. The van der Waals surface area contributed by atoms with Crippen LogP contribution in [0, 0.1) is 0 Å². The maximum absolute atomic E-state index is 12.2. The Balaban J connectivity index is 1.93. The topological polar surface area (TPSA) is 84.9 Å². The van der Waals surface area contributed by atoms with E-state index in [2.05, 4.69) is 5.32 Å². The fourth-order valence-electron chi connectivity index (χ4n) is 2.16. The van der Waals surface area contributed by atoms with E-state index in [0.29, 0.717) is 18.7 Å². The number of urea groups is 1. The molecular formula is C16H20N2O5. The van der Waals surface area contributed by atoms with Gasteiger partial charge in [-0.2, -0.15) is 0 Å². The lowest BCUT2D eigenvalue weighted by atomic mass is 10.2. The summed E-state index contributed by atoms with van der Waals surface area (Å²) in [5, 5.41) is 2.53. The molecule has 0 bridgehead atoms. The Labute approximate surface area is 134 Å². The molecule has 2 rings (SSSR count). The van der Waals surface area contributed by atoms with E-state index in [4.69, 9.17) is 9.47 Å². The number of amides is 3. The molecule has 1 heterocycles. The Morgan fingerprint density at radius 1 is 1.30 bits per heavy atom. The Hall–Kier alpha value is -2.57. The van der Waals surface area contributed by atoms with Gasteiger partial charge in [-0.25, -0.2) is 9.59 Å². The number of nitrogens with one attached hydrogen (secondary N) is 1. The van der Waals surface area contributed by atoms with E-state index in [0.717, 1.165) is 4.90 Å². The fourth-order valence-corrected chi connectivity index (χ4v) is 2.16. The first-order chi connectivity index (χ1) is 11.0. The van der Waals surface area contributed by atoms with Crippen LogP contribution in [0.15, 0.2) is 30.3 Å². The second kappa shape index (κ2) is 7.62. The summed E-state index contributed by atoms with van der Waals surface area (Å²) in [5.74, 6) is -0.617. The smallest absolute Gasteiger partial charge is 0.348 e. The quantitative estimate of drug-likeness (QED) is 0.799. The lowest BCUT2D eigenvalue weighted by Gasteiger charge is -2.21. The van der Waals surface area contributed by atoms with Crippen LogP contribution >= 0.6 is 0 Å². The molecule has 0 saturated carbocycles. The number of esters is 1. The molecule has 1 aromatic rings. The number of imide groups is 1. The van der Waals surface area contributed by atoms with Gasteiger partial charge >= 0.3 is 12.0 Å². The van der Waals surface area contributed by atoms with Crippen molar-refractivity contribution in [3.8, 4) is 5.75 Å². The summed E-state index contributed by atoms with van der Waals surface area (Å²) in [7, 11) is 0. The Bertz CT molecular complexity index is 575. The summed E-state index contributed by atoms with van der Waals surface area (Å²) in [6, 6.07) is 8.44. The van der Waals surface area contributed by atoms with Crippen molar-refractivity contribution in [2.24, 2.45) is 0 Å². The molecule has 0 aromatic heterocycles. The summed E-state index contributed by atoms with van der Waals surface area (Å²) in [6.07, 6.45) is -1.45. The molecule has 0 radical (unpaired) electrons. The van der Waals surface area contributed by atoms with E-state index >= 15 is 0 Å². The highest BCUT2D eigenvalue weighted by Crippen LogP contribution is 2.14. The zero-order chi connectivity index (χ0) is 16.8. The third-order valence-corrected chi connectivity index (χ3v) is 3.42. The third kappa shape index (κ3) is 4.21. The zero-order valence-corrected chi connectivity index (χ0v) is 13.2. The van der Waals surface area contributed by atoms with E-state index in [9.17, 15) is 14.4 Å². The number of carbonyl (C=O) groups is 3. The van der Waals surface area contributed by atoms with Gasteiger partial charge in [0, 0.05) is 13.1 Å². The molecule has 1 aliphatic heterocycles. The van der Waals surface area contributed by atoms with E-state index in [-0.39, 0.29) is 6.54 Å². The predicted molar refractivity (Wildman–Crippen MR) is 81.8 cm³/mol. The molecule has 1 N–H and O–H groups in total. The van der Waals surface area contributed by atoms with Gasteiger partial charge in [0.05, 0.1) is 0 Å². The highest BCUT2D eigenvalue weighted by atomic mass is 16.6.